The van der Waals surface area contributed by atoms with Crippen LogP contribution in [0.3, 0.4) is 0 Å². The molecule has 1 saturated heterocycles. The zero-order valence-electron chi connectivity index (χ0n) is 22.7. The van der Waals surface area contributed by atoms with E-state index in [2.05, 4.69) is 34.6 Å². The topological polar surface area (TPSA) is 66.4 Å². The van der Waals surface area contributed by atoms with Crippen molar-refractivity contribution in [2.45, 2.75) is 155 Å². The largest absolute Gasteiger partial charge is 0.390 e. The number of hydrogen-bond donors (Lipinski definition) is 1. The Kier molecular flexibility index (Phi) is 15.2. The number of ether oxygens (including phenoxy) is 5. The van der Waals surface area contributed by atoms with Crippen molar-refractivity contribution in [3.05, 3.63) is 0 Å². The van der Waals surface area contributed by atoms with E-state index in [-0.39, 0.29) is 30.5 Å². The predicted octanol–water partition coefficient (Wildman–Crippen LogP) is 6.02. The van der Waals surface area contributed by atoms with Crippen LogP contribution in [0, 0.1) is 5.92 Å². The average molecular weight is 487 g/mol. The van der Waals surface area contributed by atoms with E-state index in [1.807, 2.05) is 0 Å². The van der Waals surface area contributed by atoms with Crippen LogP contribution in [0.15, 0.2) is 0 Å². The Morgan fingerprint density at radius 3 is 1.85 bits per heavy atom. The third kappa shape index (κ3) is 9.33. The number of hydrogen-bond acceptors (Lipinski definition) is 6. The highest BCUT2D eigenvalue weighted by atomic mass is 16.7. The van der Waals surface area contributed by atoms with Crippen LogP contribution in [-0.2, 0) is 23.7 Å². The first-order valence-corrected chi connectivity index (χ1v) is 14.4. The second-order valence-corrected chi connectivity index (χ2v) is 10.3. The van der Waals surface area contributed by atoms with Crippen LogP contribution in [0.4, 0.5) is 0 Å². The van der Waals surface area contributed by atoms with Crippen molar-refractivity contribution in [1.82, 2.24) is 0 Å². The van der Waals surface area contributed by atoms with Crippen molar-refractivity contribution in [3.63, 3.8) is 0 Å². The van der Waals surface area contributed by atoms with Gasteiger partial charge in [0.2, 0.25) is 0 Å². The van der Waals surface area contributed by atoms with E-state index in [0.29, 0.717) is 25.7 Å². The van der Waals surface area contributed by atoms with Crippen LogP contribution in [0.25, 0.3) is 0 Å². The van der Waals surface area contributed by atoms with Gasteiger partial charge in [0.15, 0.2) is 6.29 Å². The fourth-order valence-corrected chi connectivity index (χ4v) is 5.13. The fraction of sp³-hybridized carbons (Fsp3) is 1.00. The summed E-state index contributed by atoms with van der Waals surface area (Å²) in [7, 11) is 0. The molecule has 5 unspecified atom stereocenters. The van der Waals surface area contributed by atoms with Gasteiger partial charge in [0, 0.05) is 19.8 Å². The minimum absolute atomic E-state index is 0.172. The van der Waals surface area contributed by atoms with Crippen molar-refractivity contribution in [2.24, 2.45) is 5.92 Å². The Bertz CT molecular complexity index is 503. The summed E-state index contributed by atoms with van der Waals surface area (Å²) in [6.45, 7) is 12.8. The lowest BCUT2D eigenvalue weighted by Crippen LogP contribution is -2.61. The van der Waals surface area contributed by atoms with Crippen LogP contribution in [-0.4, -0.2) is 67.8 Å². The highest BCUT2D eigenvalue weighted by molar-refractivity contribution is 4.93. The zero-order valence-corrected chi connectivity index (χ0v) is 22.7. The second-order valence-electron chi connectivity index (χ2n) is 10.3. The predicted molar refractivity (Wildman–Crippen MR) is 136 cm³/mol. The van der Waals surface area contributed by atoms with Gasteiger partial charge in [-0.3, -0.25) is 0 Å². The average Bonchev–Trinajstić information content (AvgIpc) is 2.83. The molecule has 0 radical (unpaired) electrons. The molecule has 2 fully saturated rings. The smallest absolute Gasteiger partial charge is 0.187 e. The van der Waals surface area contributed by atoms with Gasteiger partial charge in [-0.2, -0.15) is 0 Å². The second kappa shape index (κ2) is 17.3. The molecule has 8 atom stereocenters. The molecule has 34 heavy (non-hydrogen) atoms. The van der Waals surface area contributed by atoms with Gasteiger partial charge in [-0.15, -0.1) is 0 Å². The van der Waals surface area contributed by atoms with Crippen molar-refractivity contribution in [3.8, 4) is 0 Å². The Balaban J connectivity index is 2.22. The van der Waals surface area contributed by atoms with E-state index in [0.717, 1.165) is 77.0 Å². The minimum atomic E-state index is -0.564. The van der Waals surface area contributed by atoms with Crippen molar-refractivity contribution >= 4 is 0 Å². The van der Waals surface area contributed by atoms with Gasteiger partial charge in [-0.25, -0.2) is 0 Å². The van der Waals surface area contributed by atoms with Crippen LogP contribution >= 0.6 is 0 Å². The number of rotatable bonds is 17. The first kappa shape index (κ1) is 30.0. The standard InChI is InChI=1S/C28H54O6/c1-6-10-15-22-16-14-17-23(29)25(22)34-28-27(32-20-13-9-4)26(31-19-12-8-3)24(21(5)33-28)30-18-11-7-2/h21-29H,6-20H2,1-5H3/t21?,22?,23-,24-,25?,26?,27?,28+/m1/s1. The molecule has 0 aromatic heterocycles. The summed E-state index contributed by atoms with van der Waals surface area (Å²) in [5.74, 6) is 0.358. The third-order valence-electron chi connectivity index (χ3n) is 7.29. The summed E-state index contributed by atoms with van der Waals surface area (Å²) in [5, 5.41) is 10.9. The van der Waals surface area contributed by atoms with E-state index in [9.17, 15) is 5.11 Å². The van der Waals surface area contributed by atoms with Gasteiger partial charge < -0.3 is 28.8 Å². The summed E-state index contributed by atoms with van der Waals surface area (Å²) in [6.07, 6.45) is 10.4. The zero-order chi connectivity index (χ0) is 24.8. The van der Waals surface area contributed by atoms with Gasteiger partial charge in [-0.05, 0) is 51.4 Å². The first-order chi connectivity index (χ1) is 16.6. The van der Waals surface area contributed by atoms with Gasteiger partial charge >= 0.3 is 0 Å². The molecule has 0 aromatic rings. The lowest BCUT2D eigenvalue weighted by Gasteiger charge is -2.47. The van der Waals surface area contributed by atoms with Gasteiger partial charge in [0.1, 0.15) is 18.3 Å². The highest BCUT2D eigenvalue weighted by Crippen LogP contribution is 2.36. The fourth-order valence-electron chi connectivity index (χ4n) is 5.13. The summed E-state index contributed by atoms with van der Waals surface area (Å²) in [5.41, 5.74) is 0. The molecule has 1 aliphatic heterocycles. The first-order valence-electron chi connectivity index (χ1n) is 14.4. The third-order valence-corrected chi connectivity index (χ3v) is 7.29. The summed E-state index contributed by atoms with van der Waals surface area (Å²) < 4.78 is 32.3. The lowest BCUT2D eigenvalue weighted by atomic mass is 9.81. The van der Waals surface area contributed by atoms with Crippen molar-refractivity contribution in [2.75, 3.05) is 19.8 Å². The van der Waals surface area contributed by atoms with Crippen LogP contribution in [0.1, 0.15) is 112 Å². The molecule has 202 valence electrons. The quantitative estimate of drug-likeness (QED) is 0.254. The molecule has 0 aromatic carbocycles. The summed E-state index contributed by atoms with van der Waals surface area (Å²) >= 11 is 0. The Morgan fingerprint density at radius 2 is 1.26 bits per heavy atom. The molecule has 1 N–H and O–H groups in total. The minimum Gasteiger partial charge on any atom is -0.390 e. The Morgan fingerprint density at radius 1 is 0.706 bits per heavy atom. The van der Waals surface area contributed by atoms with Gasteiger partial charge in [0.05, 0.1) is 18.3 Å². The highest BCUT2D eigenvalue weighted by Gasteiger charge is 2.49. The SMILES string of the molecule is CCCCOC1C(OCCCC)[C@H](OCCCC)C(C)O[C@H]1OC1C(CCCC)CCC[C@H]1O. The molecular formula is C28H54O6. The maximum Gasteiger partial charge on any atom is 0.187 e. The van der Waals surface area contributed by atoms with Crippen LogP contribution in [0.5, 0.6) is 0 Å². The summed E-state index contributed by atoms with van der Waals surface area (Å²) in [6, 6.07) is 0. The molecule has 2 rings (SSSR count). The molecule has 1 heterocycles. The molecule has 0 bridgehead atoms. The molecular weight excluding hydrogens is 432 g/mol. The van der Waals surface area contributed by atoms with Gasteiger partial charge in [-0.1, -0.05) is 66.2 Å². The molecule has 1 aliphatic carbocycles. The maximum absolute atomic E-state index is 10.9. The monoisotopic (exact) mass is 486 g/mol. The number of aliphatic hydroxyl groups is 1. The Hall–Kier alpha value is -0.240. The number of unbranched alkanes of at least 4 members (excludes halogenated alkanes) is 4. The van der Waals surface area contributed by atoms with Crippen molar-refractivity contribution in [1.29, 1.82) is 0 Å². The number of aliphatic hydroxyl groups excluding tert-OH is 1. The molecule has 6 nitrogen and oxygen atoms in total. The van der Waals surface area contributed by atoms with Crippen molar-refractivity contribution < 1.29 is 28.8 Å². The van der Waals surface area contributed by atoms with E-state index >= 15 is 0 Å². The maximum atomic E-state index is 10.9. The normalized spacial score (nSPS) is 34.4. The molecule has 0 spiro atoms. The van der Waals surface area contributed by atoms with E-state index in [4.69, 9.17) is 23.7 Å². The summed E-state index contributed by atoms with van der Waals surface area (Å²) in [4.78, 5) is 0. The van der Waals surface area contributed by atoms with E-state index < -0.39 is 12.4 Å². The molecule has 1 saturated carbocycles. The lowest BCUT2D eigenvalue weighted by molar-refractivity contribution is -0.334. The molecule has 0 amide bonds. The van der Waals surface area contributed by atoms with Crippen LogP contribution < -0.4 is 0 Å². The molecule has 6 heteroatoms. The van der Waals surface area contributed by atoms with E-state index in [1.165, 1.54) is 0 Å². The molecule has 2 aliphatic rings. The Labute approximate surface area is 209 Å². The van der Waals surface area contributed by atoms with Crippen LogP contribution in [0.2, 0.25) is 0 Å². The van der Waals surface area contributed by atoms with E-state index in [1.54, 1.807) is 0 Å². The van der Waals surface area contributed by atoms with Gasteiger partial charge in [0.25, 0.3) is 0 Å².